The number of β-amino-alcohol motifs (C(OH)–C–C–N with tert-alkyl or cyclic N) is 1. The molecule has 0 spiro atoms. The molecule has 1 rings (SSSR count). The van der Waals surface area contributed by atoms with Gasteiger partial charge in [-0.2, -0.15) is 0 Å². The van der Waals surface area contributed by atoms with E-state index in [0.717, 1.165) is 0 Å². The van der Waals surface area contributed by atoms with Crippen molar-refractivity contribution in [1.82, 2.24) is 4.90 Å². The van der Waals surface area contributed by atoms with Gasteiger partial charge in [-0.15, -0.1) is 11.6 Å². The fourth-order valence-corrected chi connectivity index (χ4v) is 1.59. The fraction of sp³-hybridized carbons (Fsp3) is 0.875. The molecule has 0 aromatic carbocycles. The topological polar surface area (TPSA) is 49.8 Å². The van der Waals surface area contributed by atoms with E-state index in [1.165, 1.54) is 4.90 Å². The lowest BCUT2D eigenvalue weighted by Crippen LogP contribution is -2.30. The number of halogens is 1. The van der Waals surface area contributed by atoms with E-state index in [4.69, 9.17) is 16.3 Å². The zero-order chi connectivity index (χ0) is 9.84. The van der Waals surface area contributed by atoms with Gasteiger partial charge in [0, 0.05) is 19.7 Å². The Morgan fingerprint density at radius 1 is 1.69 bits per heavy atom. The Morgan fingerprint density at radius 2 is 2.38 bits per heavy atom. The summed E-state index contributed by atoms with van der Waals surface area (Å²) in [5.74, 6) is -0.186. The van der Waals surface area contributed by atoms with E-state index >= 15 is 0 Å². The number of nitrogens with zero attached hydrogens (tertiary/aromatic N) is 1. The second kappa shape index (κ2) is 4.79. The summed E-state index contributed by atoms with van der Waals surface area (Å²) >= 11 is 5.39. The Balaban J connectivity index is 2.44. The highest BCUT2D eigenvalue weighted by Crippen LogP contribution is 2.13. The lowest BCUT2D eigenvalue weighted by molar-refractivity contribution is -0.128. The van der Waals surface area contributed by atoms with Crippen LogP contribution in [0.4, 0.5) is 0 Å². The number of ether oxygens (including phenoxy) is 1. The maximum Gasteiger partial charge on any atom is 0.237 e. The number of rotatable bonds is 3. The standard InChI is InChI=1S/C8H14ClNO3/c1-2-13-7-5-10(4-6(7)11)8(12)3-9/h6-7,11H,2-5H2,1H3/t6-,7+/m1/s1. The van der Waals surface area contributed by atoms with Crippen molar-refractivity contribution in [2.75, 3.05) is 25.6 Å². The van der Waals surface area contributed by atoms with E-state index in [1.807, 2.05) is 6.92 Å². The molecule has 5 heteroatoms. The molecule has 76 valence electrons. The van der Waals surface area contributed by atoms with E-state index in [9.17, 15) is 9.90 Å². The minimum atomic E-state index is -0.577. The average Bonchev–Trinajstić information content (AvgIpc) is 2.47. The van der Waals surface area contributed by atoms with Gasteiger partial charge in [0.05, 0.1) is 6.10 Å². The summed E-state index contributed by atoms with van der Waals surface area (Å²) in [7, 11) is 0. The zero-order valence-electron chi connectivity index (χ0n) is 7.57. The summed E-state index contributed by atoms with van der Waals surface area (Å²) in [6.45, 7) is 3.18. The van der Waals surface area contributed by atoms with Gasteiger partial charge in [-0.3, -0.25) is 4.79 Å². The number of alkyl halides is 1. The Bertz CT molecular complexity index is 188. The molecule has 0 aromatic heterocycles. The van der Waals surface area contributed by atoms with E-state index in [0.29, 0.717) is 19.7 Å². The van der Waals surface area contributed by atoms with Crippen molar-refractivity contribution in [2.24, 2.45) is 0 Å². The highest BCUT2D eigenvalue weighted by atomic mass is 35.5. The minimum Gasteiger partial charge on any atom is -0.388 e. The lowest BCUT2D eigenvalue weighted by atomic mass is 10.3. The van der Waals surface area contributed by atoms with Crippen LogP contribution in [0, 0.1) is 0 Å². The molecule has 0 aromatic rings. The molecular formula is C8H14ClNO3. The maximum absolute atomic E-state index is 11.1. The molecule has 1 saturated heterocycles. The Morgan fingerprint density at radius 3 is 2.92 bits per heavy atom. The maximum atomic E-state index is 11.1. The molecule has 2 atom stereocenters. The number of aliphatic hydroxyl groups excluding tert-OH is 1. The SMILES string of the molecule is CCO[C@H]1CN(C(=O)CCl)C[C@H]1O. The molecule has 1 amide bonds. The smallest absolute Gasteiger partial charge is 0.237 e. The number of carbonyl (C=O) groups excluding carboxylic acids is 1. The van der Waals surface area contributed by atoms with E-state index in [-0.39, 0.29) is 17.9 Å². The highest BCUT2D eigenvalue weighted by molar-refractivity contribution is 6.27. The molecule has 1 N–H and O–H groups in total. The van der Waals surface area contributed by atoms with Crippen LogP contribution in [0.15, 0.2) is 0 Å². The van der Waals surface area contributed by atoms with Crippen LogP contribution in [0.5, 0.6) is 0 Å². The van der Waals surface area contributed by atoms with Crippen molar-refractivity contribution in [1.29, 1.82) is 0 Å². The molecule has 0 bridgehead atoms. The summed E-state index contributed by atoms with van der Waals surface area (Å²) in [4.78, 5) is 12.7. The number of hydrogen-bond donors (Lipinski definition) is 1. The van der Waals surface area contributed by atoms with Crippen LogP contribution in [0.3, 0.4) is 0 Å². The molecule has 13 heavy (non-hydrogen) atoms. The predicted molar refractivity (Wildman–Crippen MR) is 48.7 cm³/mol. The summed E-state index contributed by atoms with van der Waals surface area (Å²) < 4.78 is 5.25. The van der Waals surface area contributed by atoms with Crippen molar-refractivity contribution in [3.8, 4) is 0 Å². The van der Waals surface area contributed by atoms with Crippen molar-refractivity contribution >= 4 is 17.5 Å². The van der Waals surface area contributed by atoms with E-state index < -0.39 is 6.10 Å². The normalized spacial score (nSPS) is 28.1. The minimum absolute atomic E-state index is 0.0361. The quantitative estimate of drug-likeness (QED) is 0.654. The second-order valence-electron chi connectivity index (χ2n) is 2.99. The van der Waals surface area contributed by atoms with Crippen molar-refractivity contribution in [3.63, 3.8) is 0 Å². The van der Waals surface area contributed by atoms with Gasteiger partial charge < -0.3 is 14.7 Å². The zero-order valence-corrected chi connectivity index (χ0v) is 8.33. The van der Waals surface area contributed by atoms with Crippen LogP contribution < -0.4 is 0 Å². The molecular weight excluding hydrogens is 194 g/mol. The molecule has 0 aliphatic carbocycles. The first-order chi connectivity index (χ1) is 6.19. The Kier molecular flexibility index (Phi) is 3.96. The van der Waals surface area contributed by atoms with Crippen LogP contribution in [0.1, 0.15) is 6.92 Å². The van der Waals surface area contributed by atoms with Gasteiger partial charge in [-0.05, 0) is 6.92 Å². The van der Waals surface area contributed by atoms with Gasteiger partial charge in [-0.25, -0.2) is 0 Å². The molecule has 1 aliphatic rings. The molecule has 0 radical (unpaired) electrons. The molecule has 1 aliphatic heterocycles. The number of amides is 1. The van der Waals surface area contributed by atoms with E-state index in [2.05, 4.69) is 0 Å². The third kappa shape index (κ3) is 2.56. The largest absolute Gasteiger partial charge is 0.388 e. The number of hydrogen-bond acceptors (Lipinski definition) is 3. The number of aliphatic hydroxyl groups is 1. The molecule has 0 unspecified atom stereocenters. The summed E-state index contributed by atoms with van der Waals surface area (Å²) in [5.41, 5.74) is 0. The van der Waals surface area contributed by atoms with Crippen molar-refractivity contribution in [2.45, 2.75) is 19.1 Å². The third-order valence-corrected chi connectivity index (χ3v) is 2.31. The Labute approximate surface area is 82.4 Å². The van der Waals surface area contributed by atoms with Gasteiger partial charge >= 0.3 is 0 Å². The van der Waals surface area contributed by atoms with Gasteiger partial charge in [0.2, 0.25) is 5.91 Å². The number of carbonyl (C=O) groups is 1. The summed E-state index contributed by atoms with van der Waals surface area (Å²) in [5, 5.41) is 9.47. The molecule has 0 saturated carbocycles. The van der Waals surface area contributed by atoms with Crippen LogP contribution >= 0.6 is 11.6 Å². The van der Waals surface area contributed by atoms with Gasteiger partial charge in [0.25, 0.3) is 0 Å². The average molecular weight is 208 g/mol. The first-order valence-corrected chi connectivity index (χ1v) is 4.86. The Hall–Kier alpha value is -0.320. The second-order valence-corrected chi connectivity index (χ2v) is 3.26. The first-order valence-electron chi connectivity index (χ1n) is 4.32. The van der Waals surface area contributed by atoms with Gasteiger partial charge in [0.15, 0.2) is 0 Å². The lowest BCUT2D eigenvalue weighted by Gasteiger charge is -2.14. The van der Waals surface area contributed by atoms with Crippen LogP contribution in [0.25, 0.3) is 0 Å². The van der Waals surface area contributed by atoms with Crippen LogP contribution in [-0.4, -0.2) is 53.7 Å². The molecule has 1 heterocycles. The monoisotopic (exact) mass is 207 g/mol. The van der Waals surface area contributed by atoms with E-state index in [1.54, 1.807) is 0 Å². The summed E-state index contributed by atoms with van der Waals surface area (Å²) in [6.07, 6.45) is -0.829. The van der Waals surface area contributed by atoms with Crippen LogP contribution in [0.2, 0.25) is 0 Å². The highest BCUT2D eigenvalue weighted by Gasteiger charge is 2.33. The summed E-state index contributed by atoms with van der Waals surface area (Å²) in [6, 6.07) is 0. The predicted octanol–water partition coefficient (Wildman–Crippen LogP) is -0.167. The first kappa shape index (κ1) is 10.8. The van der Waals surface area contributed by atoms with Gasteiger partial charge in [0.1, 0.15) is 12.0 Å². The number of likely N-dealkylation sites (tertiary alicyclic amines) is 1. The molecule has 4 nitrogen and oxygen atoms in total. The molecule has 1 fully saturated rings. The van der Waals surface area contributed by atoms with Crippen molar-refractivity contribution < 1.29 is 14.6 Å². The van der Waals surface area contributed by atoms with Crippen molar-refractivity contribution in [3.05, 3.63) is 0 Å². The van der Waals surface area contributed by atoms with Gasteiger partial charge in [-0.1, -0.05) is 0 Å². The van der Waals surface area contributed by atoms with Crippen LogP contribution in [-0.2, 0) is 9.53 Å². The fourth-order valence-electron chi connectivity index (χ4n) is 1.42. The third-order valence-electron chi connectivity index (χ3n) is 2.08.